The molecule has 0 aliphatic rings. The van der Waals surface area contributed by atoms with Gasteiger partial charge in [-0.15, -0.1) is 0 Å². The molecule has 0 amide bonds. The fourth-order valence-electron chi connectivity index (χ4n) is 3.05. The topological polar surface area (TPSA) is 50.1 Å². The summed E-state index contributed by atoms with van der Waals surface area (Å²) < 4.78 is 2.05. The van der Waals surface area contributed by atoms with Crippen molar-refractivity contribution < 1.29 is 5.11 Å². The first-order chi connectivity index (χ1) is 16.8. The highest BCUT2D eigenvalue weighted by molar-refractivity contribution is 6.38. The molecule has 1 atom stereocenters. The second-order valence-corrected chi connectivity index (χ2v) is 8.47. The number of halogens is 2. The predicted molar refractivity (Wildman–Crippen MR) is 154 cm³/mol. The maximum Gasteiger partial charge on any atom is 0.142 e. The number of nitrogens with zero attached hydrogens (tertiary/aromatic N) is 2. The van der Waals surface area contributed by atoms with Crippen molar-refractivity contribution in [3.63, 3.8) is 0 Å². The highest BCUT2D eigenvalue weighted by Crippen LogP contribution is 2.33. The Labute approximate surface area is 222 Å². The van der Waals surface area contributed by atoms with Gasteiger partial charge in [0.15, 0.2) is 0 Å². The zero-order valence-corrected chi connectivity index (χ0v) is 23.7. The van der Waals surface area contributed by atoms with E-state index in [4.69, 9.17) is 28.3 Å². The van der Waals surface area contributed by atoms with E-state index in [1.807, 2.05) is 62.0 Å². The molecule has 192 valence electrons. The monoisotopic (exact) mass is 517 g/mol. The predicted octanol–water partition coefficient (Wildman–Crippen LogP) is 8.40. The van der Waals surface area contributed by atoms with E-state index in [1.165, 1.54) is 0 Å². The van der Waals surface area contributed by atoms with Crippen LogP contribution in [0.25, 0.3) is 11.4 Å². The molecule has 1 unspecified atom stereocenters. The molecule has 6 heteroatoms. The Bertz CT molecular complexity index is 1000. The molecular weight excluding hydrogens is 477 g/mol. The van der Waals surface area contributed by atoms with E-state index < -0.39 is 0 Å². The fraction of sp³-hybridized carbons (Fsp3) is 0.345. The first-order valence-corrected chi connectivity index (χ1v) is 12.5. The Kier molecular flexibility index (Phi) is 17.4. The van der Waals surface area contributed by atoms with Gasteiger partial charge >= 0.3 is 0 Å². The quantitative estimate of drug-likeness (QED) is 0.286. The van der Waals surface area contributed by atoms with Crippen molar-refractivity contribution in [2.24, 2.45) is 7.05 Å². The van der Waals surface area contributed by atoms with Gasteiger partial charge in [-0.25, -0.2) is 4.98 Å². The molecule has 2 N–H and O–H groups in total. The summed E-state index contributed by atoms with van der Waals surface area (Å²) in [5.41, 5.74) is 3.99. The molecule has 0 radical (unpaired) electrons. The van der Waals surface area contributed by atoms with Crippen LogP contribution in [0.15, 0.2) is 79.2 Å². The summed E-state index contributed by atoms with van der Waals surface area (Å²) in [5.74, 6) is 0.720. The Balaban J connectivity index is 0.00000146. The second kappa shape index (κ2) is 18.8. The molecule has 4 nitrogen and oxygen atoms in total. The average molecular weight is 519 g/mol. The highest BCUT2D eigenvalue weighted by atomic mass is 35.5. The second-order valence-electron chi connectivity index (χ2n) is 7.65. The summed E-state index contributed by atoms with van der Waals surface area (Å²) in [4.78, 5) is 4.66. The SMILES string of the molecule is C/C=C\CC.C=C(C)/C=C/NC(C)c1cccnc(-c2c(Cl)cccc2Cl)n(C)c(CC)c1.CO. The van der Waals surface area contributed by atoms with E-state index in [0.29, 0.717) is 10.0 Å². The van der Waals surface area contributed by atoms with Crippen molar-refractivity contribution in [3.05, 3.63) is 100 Å². The molecule has 1 heterocycles. The molecule has 0 aliphatic carbocycles. The van der Waals surface area contributed by atoms with E-state index >= 15 is 0 Å². The number of aliphatic hydroxyl groups excluding tert-OH is 1. The van der Waals surface area contributed by atoms with Crippen LogP contribution in [0.1, 0.15) is 58.3 Å². The smallest absolute Gasteiger partial charge is 0.142 e. The first-order valence-electron chi connectivity index (χ1n) is 11.7. The molecule has 0 spiro atoms. The van der Waals surface area contributed by atoms with Gasteiger partial charge in [0.25, 0.3) is 0 Å². The summed E-state index contributed by atoms with van der Waals surface area (Å²) in [6, 6.07) is 11.8. The molecular formula is C29H41Cl2N3O. The molecule has 2 rings (SSSR count). The minimum atomic E-state index is 0.126. The third-order valence-corrected chi connectivity index (χ3v) is 5.52. The minimum Gasteiger partial charge on any atom is -0.400 e. The van der Waals surface area contributed by atoms with Gasteiger partial charge in [0.05, 0.1) is 15.6 Å². The summed E-state index contributed by atoms with van der Waals surface area (Å²) in [7, 11) is 2.99. The number of allylic oxidation sites excluding steroid dienone is 4. The lowest BCUT2D eigenvalue weighted by Gasteiger charge is -2.15. The van der Waals surface area contributed by atoms with Crippen molar-refractivity contribution in [1.29, 1.82) is 0 Å². The molecule has 35 heavy (non-hydrogen) atoms. The van der Waals surface area contributed by atoms with E-state index in [2.05, 4.69) is 61.9 Å². The van der Waals surface area contributed by atoms with Crippen molar-refractivity contribution in [1.82, 2.24) is 14.9 Å². The molecule has 0 bridgehead atoms. The molecule has 2 aromatic rings. The maximum atomic E-state index is 7.00. The lowest BCUT2D eigenvalue weighted by molar-refractivity contribution is 0.399. The molecule has 1 aromatic heterocycles. The number of rotatable bonds is 7. The normalized spacial score (nSPS) is 11.1. The summed E-state index contributed by atoms with van der Waals surface area (Å²) in [6.45, 7) is 14.2. The highest BCUT2D eigenvalue weighted by Gasteiger charge is 2.12. The zero-order valence-electron chi connectivity index (χ0n) is 22.1. The summed E-state index contributed by atoms with van der Waals surface area (Å²) >= 11 is 12.9. The van der Waals surface area contributed by atoms with Gasteiger partial charge in [0.2, 0.25) is 0 Å². The van der Waals surface area contributed by atoms with Crippen molar-refractivity contribution in [2.45, 2.75) is 53.5 Å². The van der Waals surface area contributed by atoms with Crippen LogP contribution in [0.3, 0.4) is 0 Å². The van der Waals surface area contributed by atoms with Crippen LogP contribution in [0.2, 0.25) is 10.0 Å². The van der Waals surface area contributed by atoms with Gasteiger partial charge in [0, 0.05) is 32.1 Å². The van der Waals surface area contributed by atoms with E-state index in [0.717, 1.165) is 48.2 Å². The maximum absolute atomic E-state index is 7.00. The largest absolute Gasteiger partial charge is 0.400 e. The Morgan fingerprint density at radius 1 is 1.17 bits per heavy atom. The van der Waals surface area contributed by atoms with Crippen LogP contribution in [-0.4, -0.2) is 21.8 Å². The lowest BCUT2D eigenvalue weighted by atomic mass is 10.1. The number of aryl methyl sites for hydroxylation is 1. The van der Waals surface area contributed by atoms with Gasteiger partial charge in [-0.3, -0.25) is 0 Å². The van der Waals surface area contributed by atoms with Crippen molar-refractivity contribution >= 4 is 23.2 Å². The van der Waals surface area contributed by atoms with Crippen LogP contribution < -0.4 is 5.32 Å². The standard InChI is InChI=1S/C23H27Cl2N3.C5H10.CH4O/c1-6-19-15-18(17(4)26-14-12-16(2)3)9-8-13-27-23(28(19)5)22-20(24)10-7-11-21(22)25;1-3-5-4-2;1-2/h7-15,17,26H,2,6H2,1,3-5H3;3,5H,4H2,1-2H3;2H,1H3/b13-8?,14-12+,18-9?,19-15?,27-23?;5-3-;. The van der Waals surface area contributed by atoms with Gasteiger partial charge in [0.1, 0.15) is 5.82 Å². The number of nitrogens with one attached hydrogen (secondary N) is 1. The van der Waals surface area contributed by atoms with Gasteiger partial charge in [-0.1, -0.05) is 73.5 Å². The first kappa shape index (κ1) is 32.5. The number of benzene rings is 1. The van der Waals surface area contributed by atoms with Gasteiger partial charge in [-0.2, -0.15) is 0 Å². The third kappa shape index (κ3) is 11.6. The van der Waals surface area contributed by atoms with Crippen molar-refractivity contribution in [2.75, 3.05) is 7.11 Å². The van der Waals surface area contributed by atoms with E-state index in [1.54, 1.807) is 6.20 Å². The zero-order chi connectivity index (χ0) is 26.8. The number of aromatic nitrogens is 2. The fourth-order valence-corrected chi connectivity index (χ4v) is 3.61. The third-order valence-electron chi connectivity index (χ3n) is 4.89. The van der Waals surface area contributed by atoms with Crippen LogP contribution in [0, 0.1) is 0 Å². The van der Waals surface area contributed by atoms with Gasteiger partial charge in [-0.05, 0) is 75.7 Å². The summed E-state index contributed by atoms with van der Waals surface area (Å²) in [6.07, 6.45) is 11.8. The van der Waals surface area contributed by atoms with Crippen LogP contribution >= 0.6 is 23.2 Å². The average Bonchev–Trinajstić information content (AvgIpc) is 2.91. The summed E-state index contributed by atoms with van der Waals surface area (Å²) in [5, 5.41) is 11.5. The Morgan fingerprint density at radius 2 is 1.80 bits per heavy atom. The number of aliphatic hydroxyl groups is 1. The van der Waals surface area contributed by atoms with Crippen molar-refractivity contribution in [3.8, 4) is 11.4 Å². The minimum absolute atomic E-state index is 0.126. The van der Waals surface area contributed by atoms with Crippen LogP contribution in [0.4, 0.5) is 0 Å². The lowest BCUT2D eigenvalue weighted by Crippen LogP contribution is -2.12. The molecule has 0 fully saturated rings. The molecule has 0 saturated carbocycles. The van der Waals surface area contributed by atoms with Gasteiger partial charge < -0.3 is 15.0 Å². The van der Waals surface area contributed by atoms with E-state index in [9.17, 15) is 0 Å². The number of hydrogen-bond acceptors (Lipinski definition) is 3. The van der Waals surface area contributed by atoms with Crippen LogP contribution in [-0.2, 0) is 13.5 Å². The van der Waals surface area contributed by atoms with E-state index in [-0.39, 0.29) is 6.04 Å². The molecule has 0 aliphatic heterocycles. The Hall–Kier alpha value is -2.53. The van der Waals surface area contributed by atoms with Crippen LogP contribution in [0.5, 0.6) is 0 Å². The molecule has 0 saturated heterocycles. The molecule has 1 aromatic carbocycles. The number of hydrogen-bond donors (Lipinski definition) is 2. The Morgan fingerprint density at radius 3 is 2.29 bits per heavy atom.